The molecule has 8 heteroatoms. The molecule has 3 aromatic carbocycles. The first-order chi connectivity index (χ1) is 16.5. The SMILES string of the molecule is Cc1ccc(C2=C[C@H](c3ccc(C)cc3)n3nnnc3N2CC(=O)Nc2cccc(F)c2)cc1. The Balaban J connectivity index is 1.54. The summed E-state index contributed by atoms with van der Waals surface area (Å²) in [6.07, 6.45) is 2.06. The maximum atomic E-state index is 13.6. The van der Waals surface area contributed by atoms with Crippen LogP contribution >= 0.6 is 0 Å². The van der Waals surface area contributed by atoms with Crippen LogP contribution in [0.25, 0.3) is 5.70 Å². The van der Waals surface area contributed by atoms with E-state index in [1.54, 1.807) is 21.7 Å². The fourth-order valence-electron chi connectivity index (χ4n) is 4.01. The summed E-state index contributed by atoms with van der Waals surface area (Å²) < 4.78 is 15.3. The van der Waals surface area contributed by atoms with Gasteiger partial charge in [0.2, 0.25) is 5.91 Å². The van der Waals surface area contributed by atoms with E-state index < -0.39 is 5.82 Å². The van der Waals surface area contributed by atoms with Crippen LogP contribution in [-0.2, 0) is 4.79 Å². The molecule has 1 aromatic heterocycles. The van der Waals surface area contributed by atoms with Crippen LogP contribution < -0.4 is 10.2 Å². The van der Waals surface area contributed by atoms with Crippen molar-refractivity contribution in [2.75, 3.05) is 16.8 Å². The van der Waals surface area contributed by atoms with Crippen molar-refractivity contribution in [2.45, 2.75) is 19.9 Å². The Hall–Kier alpha value is -4.33. The molecule has 0 unspecified atom stereocenters. The second-order valence-corrected chi connectivity index (χ2v) is 8.34. The zero-order chi connectivity index (χ0) is 23.7. The first-order valence-electron chi connectivity index (χ1n) is 10.9. The fourth-order valence-corrected chi connectivity index (χ4v) is 4.01. The molecule has 0 bridgehead atoms. The van der Waals surface area contributed by atoms with Gasteiger partial charge in [0.25, 0.3) is 5.95 Å². The highest BCUT2D eigenvalue weighted by molar-refractivity contribution is 5.97. The summed E-state index contributed by atoms with van der Waals surface area (Å²) in [6, 6.07) is 21.9. The Bertz CT molecular complexity index is 1360. The van der Waals surface area contributed by atoms with Gasteiger partial charge in [-0.25, -0.2) is 4.39 Å². The second kappa shape index (κ2) is 8.90. The fraction of sp³-hybridized carbons (Fsp3) is 0.154. The lowest BCUT2D eigenvalue weighted by Gasteiger charge is -2.32. The molecule has 5 rings (SSSR count). The topological polar surface area (TPSA) is 75.9 Å². The Morgan fingerprint density at radius 2 is 1.71 bits per heavy atom. The van der Waals surface area contributed by atoms with Gasteiger partial charge in [0, 0.05) is 5.69 Å². The van der Waals surface area contributed by atoms with Crippen LogP contribution in [0.15, 0.2) is 78.9 Å². The van der Waals surface area contributed by atoms with Crippen molar-refractivity contribution in [3.8, 4) is 0 Å². The number of carbonyl (C=O) groups is 1. The van der Waals surface area contributed by atoms with Crippen LogP contribution in [-0.4, -0.2) is 32.7 Å². The molecule has 0 spiro atoms. The van der Waals surface area contributed by atoms with Crippen molar-refractivity contribution in [2.24, 2.45) is 0 Å². The van der Waals surface area contributed by atoms with Crippen LogP contribution in [0.3, 0.4) is 0 Å². The zero-order valence-corrected chi connectivity index (χ0v) is 18.8. The molecule has 1 atom stereocenters. The Labute approximate surface area is 196 Å². The molecule has 2 heterocycles. The van der Waals surface area contributed by atoms with E-state index >= 15 is 0 Å². The summed E-state index contributed by atoms with van der Waals surface area (Å²) in [4.78, 5) is 14.7. The van der Waals surface area contributed by atoms with E-state index in [0.29, 0.717) is 11.6 Å². The van der Waals surface area contributed by atoms with Crippen molar-refractivity contribution in [3.05, 3.63) is 107 Å². The number of fused-ring (bicyclic) bond motifs is 1. The number of carbonyl (C=O) groups excluding carboxylic acids is 1. The standard InChI is InChI=1S/C26H23FN6O/c1-17-6-10-19(11-7-17)23-15-24(20-12-8-18(2)9-13-20)33-26(29-30-31-33)32(23)16-25(34)28-22-5-3-4-21(27)14-22/h3-15,24H,16H2,1-2H3,(H,28,34)/t24-/m1/s1. The number of aryl methyl sites for hydroxylation is 2. The molecule has 4 aromatic rings. The van der Waals surface area contributed by atoms with Gasteiger partial charge in [-0.05, 0) is 59.7 Å². The molecule has 170 valence electrons. The third kappa shape index (κ3) is 4.30. The summed E-state index contributed by atoms with van der Waals surface area (Å²) in [5, 5.41) is 15.1. The molecular formula is C26H23FN6O. The van der Waals surface area contributed by atoms with Gasteiger partial charge in [-0.1, -0.05) is 70.8 Å². The highest BCUT2D eigenvalue weighted by Gasteiger charge is 2.32. The number of nitrogens with zero attached hydrogens (tertiary/aromatic N) is 5. The van der Waals surface area contributed by atoms with Crippen LogP contribution in [0.5, 0.6) is 0 Å². The molecular weight excluding hydrogens is 431 g/mol. The van der Waals surface area contributed by atoms with E-state index in [0.717, 1.165) is 28.0 Å². The quantitative estimate of drug-likeness (QED) is 0.480. The van der Waals surface area contributed by atoms with Crippen LogP contribution in [0.4, 0.5) is 16.0 Å². The lowest BCUT2D eigenvalue weighted by atomic mass is 9.99. The third-order valence-corrected chi connectivity index (χ3v) is 5.76. The average Bonchev–Trinajstić information content (AvgIpc) is 3.31. The third-order valence-electron chi connectivity index (χ3n) is 5.76. The molecule has 1 aliphatic rings. The number of allylic oxidation sites excluding steroid dienone is 1. The number of halogens is 1. The minimum absolute atomic E-state index is 0.0444. The molecule has 0 saturated heterocycles. The van der Waals surface area contributed by atoms with Gasteiger partial charge in [-0.3, -0.25) is 9.69 Å². The van der Waals surface area contributed by atoms with Crippen molar-refractivity contribution in [3.63, 3.8) is 0 Å². The summed E-state index contributed by atoms with van der Waals surface area (Å²) in [6.45, 7) is 4.02. The molecule has 34 heavy (non-hydrogen) atoms. The zero-order valence-electron chi connectivity index (χ0n) is 18.8. The number of hydrogen-bond acceptors (Lipinski definition) is 5. The molecule has 0 fully saturated rings. The van der Waals surface area contributed by atoms with Crippen LogP contribution in [0, 0.1) is 19.7 Å². The van der Waals surface area contributed by atoms with Gasteiger partial charge >= 0.3 is 0 Å². The predicted molar refractivity (Wildman–Crippen MR) is 129 cm³/mol. The molecule has 1 amide bonds. The normalized spacial score (nSPS) is 15.0. The average molecular weight is 455 g/mol. The summed E-state index contributed by atoms with van der Waals surface area (Å²) in [5.41, 5.74) is 5.48. The van der Waals surface area contributed by atoms with E-state index in [1.165, 1.54) is 12.1 Å². The first kappa shape index (κ1) is 21.5. The number of amides is 1. The Kier molecular flexibility index (Phi) is 5.63. The van der Waals surface area contributed by atoms with Gasteiger partial charge < -0.3 is 5.32 Å². The Morgan fingerprint density at radius 3 is 2.41 bits per heavy atom. The van der Waals surface area contributed by atoms with Crippen LogP contribution in [0.1, 0.15) is 28.3 Å². The lowest BCUT2D eigenvalue weighted by Crippen LogP contribution is -2.37. The molecule has 1 aliphatic heterocycles. The summed E-state index contributed by atoms with van der Waals surface area (Å²) in [5.74, 6) is -0.272. The maximum Gasteiger partial charge on any atom is 0.251 e. The number of hydrogen-bond donors (Lipinski definition) is 1. The van der Waals surface area contributed by atoms with Crippen molar-refractivity contribution < 1.29 is 9.18 Å². The van der Waals surface area contributed by atoms with Crippen molar-refractivity contribution in [1.82, 2.24) is 20.2 Å². The number of aromatic nitrogens is 4. The van der Waals surface area contributed by atoms with E-state index in [4.69, 9.17) is 0 Å². The predicted octanol–water partition coefficient (Wildman–Crippen LogP) is 4.52. The first-order valence-corrected chi connectivity index (χ1v) is 10.9. The van der Waals surface area contributed by atoms with Gasteiger partial charge in [0.15, 0.2) is 0 Å². The number of rotatable bonds is 5. The Morgan fingerprint density at radius 1 is 1.00 bits per heavy atom. The van der Waals surface area contributed by atoms with E-state index in [2.05, 4.69) is 51.2 Å². The summed E-state index contributed by atoms with van der Waals surface area (Å²) in [7, 11) is 0. The van der Waals surface area contributed by atoms with Crippen molar-refractivity contribution >= 4 is 23.2 Å². The largest absolute Gasteiger partial charge is 0.324 e. The molecule has 1 N–H and O–H groups in total. The van der Waals surface area contributed by atoms with E-state index in [-0.39, 0.29) is 18.5 Å². The second-order valence-electron chi connectivity index (χ2n) is 8.34. The monoisotopic (exact) mass is 454 g/mol. The number of nitrogens with one attached hydrogen (secondary N) is 1. The smallest absolute Gasteiger partial charge is 0.251 e. The lowest BCUT2D eigenvalue weighted by molar-refractivity contribution is -0.114. The highest BCUT2D eigenvalue weighted by atomic mass is 19.1. The molecule has 0 saturated carbocycles. The van der Waals surface area contributed by atoms with Gasteiger partial charge in [0.1, 0.15) is 18.4 Å². The van der Waals surface area contributed by atoms with Crippen molar-refractivity contribution in [1.29, 1.82) is 0 Å². The van der Waals surface area contributed by atoms with Crippen LogP contribution in [0.2, 0.25) is 0 Å². The minimum Gasteiger partial charge on any atom is -0.324 e. The van der Waals surface area contributed by atoms with Gasteiger partial charge in [-0.2, -0.15) is 4.68 Å². The number of anilines is 2. The summed E-state index contributed by atoms with van der Waals surface area (Å²) >= 11 is 0. The molecule has 7 nitrogen and oxygen atoms in total. The van der Waals surface area contributed by atoms with Gasteiger partial charge in [0.05, 0.1) is 5.70 Å². The highest BCUT2D eigenvalue weighted by Crippen LogP contribution is 2.36. The maximum absolute atomic E-state index is 13.6. The minimum atomic E-state index is -0.416. The van der Waals surface area contributed by atoms with E-state index in [1.807, 2.05) is 38.1 Å². The van der Waals surface area contributed by atoms with E-state index in [9.17, 15) is 9.18 Å². The van der Waals surface area contributed by atoms with Gasteiger partial charge in [-0.15, -0.1) is 0 Å². The molecule has 0 aliphatic carbocycles. The number of tetrazole rings is 1. The molecule has 0 radical (unpaired) electrons. The number of benzene rings is 3.